The van der Waals surface area contributed by atoms with Crippen molar-refractivity contribution in [2.45, 2.75) is 52.9 Å². The normalized spacial score (nSPS) is 13.9. The molecule has 0 saturated carbocycles. The number of hydrogen-bond donors (Lipinski definition) is 0. The molecule has 0 amide bonds. The molecular weight excluding hydrogens is 182 g/mol. The second-order valence-electron chi connectivity index (χ2n) is 5.32. The van der Waals surface area contributed by atoms with E-state index in [2.05, 4.69) is 44.8 Å². The van der Waals surface area contributed by atoms with Gasteiger partial charge in [0.25, 0.3) is 0 Å². The number of pyridine rings is 1. The lowest BCUT2D eigenvalue weighted by Crippen LogP contribution is -2.19. The summed E-state index contributed by atoms with van der Waals surface area (Å²) in [6.07, 6.45) is 5.70. The third-order valence-corrected chi connectivity index (χ3v) is 2.94. The first-order valence-corrected chi connectivity index (χ1v) is 5.96. The van der Waals surface area contributed by atoms with E-state index in [1.165, 1.54) is 25.0 Å². The van der Waals surface area contributed by atoms with E-state index in [1.54, 1.807) is 0 Å². The fourth-order valence-corrected chi connectivity index (χ4v) is 2.01. The average molecular weight is 205 g/mol. The number of nitrogens with zero attached hydrogens (tertiary/aromatic N) is 1. The van der Waals surface area contributed by atoms with Gasteiger partial charge >= 0.3 is 0 Å². The lowest BCUT2D eigenvalue weighted by atomic mass is 9.76. The summed E-state index contributed by atoms with van der Waals surface area (Å²) in [5.41, 5.74) is 1.56. The molecule has 84 valence electrons. The summed E-state index contributed by atoms with van der Waals surface area (Å²) in [4.78, 5) is 4.50. The highest BCUT2D eigenvalue weighted by molar-refractivity contribution is 5.12. The number of rotatable bonds is 4. The minimum absolute atomic E-state index is 0.309. The van der Waals surface area contributed by atoms with Crippen LogP contribution in [0.15, 0.2) is 24.4 Å². The van der Waals surface area contributed by atoms with E-state index < -0.39 is 0 Å². The number of aromatic nitrogens is 1. The lowest BCUT2D eigenvalue weighted by Gasteiger charge is -2.30. The molecule has 1 rings (SSSR count). The van der Waals surface area contributed by atoms with E-state index in [-0.39, 0.29) is 0 Å². The third-order valence-electron chi connectivity index (χ3n) is 2.94. The van der Waals surface area contributed by atoms with Crippen LogP contribution in [0.2, 0.25) is 0 Å². The summed E-state index contributed by atoms with van der Waals surface area (Å²) in [6, 6.07) is 6.24. The molecule has 0 saturated heterocycles. The Kier molecular flexibility index (Phi) is 4.31. The molecule has 0 aliphatic rings. The van der Waals surface area contributed by atoms with Gasteiger partial charge in [-0.1, -0.05) is 46.6 Å². The van der Waals surface area contributed by atoms with Gasteiger partial charge in [-0.2, -0.15) is 0 Å². The highest BCUT2D eigenvalue weighted by Gasteiger charge is 2.26. The van der Waals surface area contributed by atoms with Gasteiger partial charge < -0.3 is 0 Å². The van der Waals surface area contributed by atoms with Crippen molar-refractivity contribution in [3.63, 3.8) is 0 Å². The van der Waals surface area contributed by atoms with E-state index in [9.17, 15) is 0 Å². The number of hydrogen-bond acceptors (Lipinski definition) is 1. The van der Waals surface area contributed by atoms with Crippen LogP contribution in [0.3, 0.4) is 0 Å². The molecular formula is C14H23N. The Hall–Kier alpha value is -0.850. The van der Waals surface area contributed by atoms with E-state index >= 15 is 0 Å². The summed E-state index contributed by atoms with van der Waals surface area (Å²) >= 11 is 0. The lowest BCUT2D eigenvalue weighted by molar-refractivity contribution is 0.294. The molecule has 0 bridgehead atoms. The smallest absolute Gasteiger partial charge is 0.0439 e. The zero-order chi connectivity index (χ0) is 11.3. The van der Waals surface area contributed by atoms with Crippen molar-refractivity contribution in [2.75, 3.05) is 0 Å². The highest BCUT2D eigenvalue weighted by atomic mass is 14.7. The predicted molar refractivity (Wildman–Crippen MR) is 66.0 cm³/mol. The van der Waals surface area contributed by atoms with Crippen LogP contribution < -0.4 is 0 Å². The summed E-state index contributed by atoms with van der Waals surface area (Å²) < 4.78 is 0. The Bertz CT molecular complexity index is 271. The Morgan fingerprint density at radius 2 is 2.00 bits per heavy atom. The molecule has 1 nitrogen and oxygen atoms in total. The first-order valence-electron chi connectivity index (χ1n) is 5.96. The van der Waals surface area contributed by atoms with E-state index in [0.717, 1.165) is 0 Å². The highest BCUT2D eigenvalue weighted by Crippen LogP contribution is 2.37. The monoisotopic (exact) mass is 205 g/mol. The van der Waals surface area contributed by atoms with Crippen LogP contribution in [0.1, 0.15) is 58.6 Å². The maximum atomic E-state index is 4.50. The minimum atomic E-state index is 0.309. The van der Waals surface area contributed by atoms with Crippen molar-refractivity contribution in [1.82, 2.24) is 4.98 Å². The maximum Gasteiger partial charge on any atom is 0.0439 e. The topological polar surface area (TPSA) is 12.9 Å². The fourth-order valence-electron chi connectivity index (χ4n) is 2.01. The van der Waals surface area contributed by atoms with Crippen molar-refractivity contribution in [2.24, 2.45) is 5.41 Å². The second-order valence-corrected chi connectivity index (χ2v) is 5.32. The molecule has 1 aromatic heterocycles. The first-order chi connectivity index (χ1) is 7.05. The van der Waals surface area contributed by atoms with Crippen LogP contribution in [0.5, 0.6) is 0 Å². The third kappa shape index (κ3) is 3.65. The fraction of sp³-hybridized carbons (Fsp3) is 0.643. The van der Waals surface area contributed by atoms with Gasteiger partial charge in [-0.05, 0) is 24.0 Å². The van der Waals surface area contributed by atoms with Crippen molar-refractivity contribution >= 4 is 0 Å². The van der Waals surface area contributed by atoms with Crippen molar-refractivity contribution in [1.29, 1.82) is 0 Å². The SMILES string of the molecule is CCCCC(c1ccccn1)C(C)(C)C. The van der Waals surface area contributed by atoms with Gasteiger partial charge in [0, 0.05) is 17.8 Å². The molecule has 0 aliphatic heterocycles. The standard InChI is InChI=1S/C14H23N/c1-5-6-9-12(14(2,3)4)13-10-7-8-11-15-13/h7-8,10-12H,5-6,9H2,1-4H3. The first kappa shape index (κ1) is 12.2. The Morgan fingerprint density at radius 1 is 1.27 bits per heavy atom. The average Bonchev–Trinajstić information content (AvgIpc) is 2.18. The van der Waals surface area contributed by atoms with E-state index in [1.807, 2.05) is 12.3 Å². The van der Waals surface area contributed by atoms with Gasteiger partial charge in [0.2, 0.25) is 0 Å². The van der Waals surface area contributed by atoms with Gasteiger partial charge in [-0.3, -0.25) is 4.98 Å². The molecule has 1 aromatic rings. The molecule has 1 atom stereocenters. The molecule has 0 radical (unpaired) electrons. The molecule has 1 heteroatoms. The van der Waals surface area contributed by atoms with Crippen LogP contribution in [-0.4, -0.2) is 4.98 Å². The minimum Gasteiger partial charge on any atom is -0.261 e. The largest absolute Gasteiger partial charge is 0.261 e. The molecule has 0 spiro atoms. The maximum absolute atomic E-state index is 4.50. The van der Waals surface area contributed by atoms with Gasteiger partial charge in [-0.25, -0.2) is 0 Å². The molecule has 0 fully saturated rings. The Labute approximate surface area is 93.9 Å². The zero-order valence-electron chi connectivity index (χ0n) is 10.5. The molecule has 0 aromatic carbocycles. The quantitative estimate of drug-likeness (QED) is 0.710. The zero-order valence-corrected chi connectivity index (χ0v) is 10.5. The molecule has 15 heavy (non-hydrogen) atoms. The van der Waals surface area contributed by atoms with Gasteiger partial charge in [0.05, 0.1) is 0 Å². The molecule has 1 unspecified atom stereocenters. The second kappa shape index (κ2) is 5.29. The van der Waals surface area contributed by atoms with Crippen LogP contribution in [-0.2, 0) is 0 Å². The summed E-state index contributed by atoms with van der Waals surface area (Å²) in [7, 11) is 0. The van der Waals surface area contributed by atoms with E-state index in [0.29, 0.717) is 11.3 Å². The molecule has 0 N–H and O–H groups in total. The summed E-state index contributed by atoms with van der Waals surface area (Å²) in [5, 5.41) is 0. The Balaban J connectivity index is 2.82. The van der Waals surface area contributed by atoms with Crippen LogP contribution in [0.4, 0.5) is 0 Å². The van der Waals surface area contributed by atoms with E-state index in [4.69, 9.17) is 0 Å². The summed E-state index contributed by atoms with van der Waals surface area (Å²) in [5.74, 6) is 0.582. The van der Waals surface area contributed by atoms with Gasteiger partial charge in [0.15, 0.2) is 0 Å². The van der Waals surface area contributed by atoms with Crippen LogP contribution in [0.25, 0.3) is 0 Å². The van der Waals surface area contributed by atoms with Crippen molar-refractivity contribution < 1.29 is 0 Å². The van der Waals surface area contributed by atoms with Crippen LogP contribution in [0, 0.1) is 5.41 Å². The predicted octanol–water partition coefficient (Wildman–Crippen LogP) is 4.40. The Morgan fingerprint density at radius 3 is 2.47 bits per heavy atom. The van der Waals surface area contributed by atoms with Gasteiger partial charge in [-0.15, -0.1) is 0 Å². The number of unbranched alkanes of at least 4 members (excludes halogenated alkanes) is 1. The summed E-state index contributed by atoms with van der Waals surface area (Å²) in [6.45, 7) is 9.17. The van der Waals surface area contributed by atoms with Crippen molar-refractivity contribution in [3.8, 4) is 0 Å². The molecule has 1 heterocycles. The molecule has 0 aliphatic carbocycles. The van der Waals surface area contributed by atoms with Gasteiger partial charge in [0.1, 0.15) is 0 Å². The van der Waals surface area contributed by atoms with Crippen molar-refractivity contribution in [3.05, 3.63) is 30.1 Å². The van der Waals surface area contributed by atoms with Crippen LogP contribution >= 0.6 is 0 Å².